The van der Waals surface area contributed by atoms with Crippen LogP contribution in [0.4, 0.5) is 4.79 Å². The third kappa shape index (κ3) is 5.72. The van der Waals surface area contributed by atoms with Crippen molar-refractivity contribution in [2.75, 3.05) is 20.4 Å². The summed E-state index contributed by atoms with van der Waals surface area (Å²) in [6.45, 7) is 1.37. The Morgan fingerprint density at radius 1 is 1.04 bits per heavy atom. The van der Waals surface area contributed by atoms with E-state index in [-0.39, 0.29) is 37.9 Å². The van der Waals surface area contributed by atoms with E-state index in [9.17, 15) is 27.6 Å². The van der Waals surface area contributed by atoms with E-state index >= 15 is 0 Å². The van der Waals surface area contributed by atoms with Crippen LogP contribution in [0.3, 0.4) is 0 Å². The molecule has 2 N–H and O–H groups in total. The molecule has 3 aliphatic heterocycles. The summed E-state index contributed by atoms with van der Waals surface area (Å²) in [5.74, 6) is -2.18. The third-order valence-corrected chi connectivity index (χ3v) is 11.8. The van der Waals surface area contributed by atoms with Crippen molar-refractivity contribution in [1.29, 1.82) is 0 Å². The van der Waals surface area contributed by atoms with Gasteiger partial charge in [0.1, 0.15) is 11.6 Å². The fourth-order valence-electron chi connectivity index (χ4n) is 7.03. The van der Waals surface area contributed by atoms with Crippen molar-refractivity contribution in [3.05, 3.63) is 35.4 Å². The number of nitrogens with one attached hydrogen (secondary N) is 2. The number of amides is 4. The van der Waals surface area contributed by atoms with E-state index in [1.54, 1.807) is 16.8 Å². The summed E-state index contributed by atoms with van der Waals surface area (Å²) in [6, 6.07) is 3.73. The lowest BCUT2D eigenvalue weighted by atomic mass is 9.93. The van der Waals surface area contributed by atoms with Crippen molar-refractivity contribution in [2.45, 2.75) is 81.3 Å². The quantitative estimate of drug-likeness (QED) is 0.468. The molecule has 3 saturated carbocycles. The third-order valence-electron chi connectivity index (χ3n) is 9.94. The molecule has 3 fully saturated rings. The minimum absolute atomic E-state index is 0.108. The SMILES string of the molecule is CN1CCCC/C=C\[C@@H]2C[C@@]2(C(=O)NS(=O)(=O)C2CC2)NC(=O)[C@@H]2C[C@@H](OC(=O)N3Cc4cc5c(cc4C3)OCO5)CC2C1=O. The van der Waals surface area contributed by atoms with Gasteiger partial charge in [-0.2, -0.15) is 0 Å². The Bertz CT molecular complexity index is 1540. The van der Waals surface area contributed by atoms with Gasteiger partial charge in [-0.05, 0) is 74.6 Å². The van der Waals surface area contributed by atoms with E-state index < -0.39 is 56.7 Å². The van der Waals surface area contributed by atoms with E-state index in [1.807, 2.05) is 24.3 Å². The van der Waals surface area contributed by atoms with E-state index in [0.717, 1.165) is 30.4 Å². The van der Waals surface area contributed by atoms with Gasteiger partial charge in [0.2, 0.25) is 28.6 Å². The summed E-state index contributed by atoms with van der Waals surface area (Å²) in [7, 11) is -2.12. The van der Waals surface area contributed by atoms with Crippen molar-refractivity contribution in [3.63, 3.8) is 0 Å². The topological polar surface area (TPSA) is 161 Å². The molecule has 1 aromatic rings. The average molecular weight is 643 g/mol. The predicted molar refractivity (Wildman–Crippen MR) is 158 cm³/mol. The number of sulfonamides is 1. The zero-order valence-electron chi connectivity index (χ0n) is 25.2. The first-order chi connectivity index (χ1) is 21.5. The van der Waals surface area contributed by atoms with Crippen molar-refractivity contribution >= 4 is 33.8 Å². The van der Waals surface area contributed by atoms with Gasteiger partial charge in [-0.3, -0.25) is 24.0 Å². The summed E-state index contributed by atoms with van der Waals surface area (Å²) >= 11 is 0. The second kappa shape index (κ2) is 11.2. The van der Waals surface area contributed by atoms with Gasteiger partial charge in [0.05, 0.1) is 17.1 Å². The van der Waals surface area contributed by atoms with Gasteiger partial charge < -0.3 is 24.4 Å². The first-order valence-corrected chi connectivity index (χ1v) is 17.3. The van der Waals surface area contributed by atoms with Crippen LogP contribution in [-0.2, 0) is 42.2 Å². The van der Waals surface area contributed by atoms with E-state index in [4.69, 9.17) is 14.2 Å². The highest BCUT2D eigenvalue weighted by molar-refractivity contribution is 7.91. The summed E-state index contributed by atoms with van der Waals surface area (Å²) in [5.41, 5.74) is 0.461. The summed E-state index contributed by atoms with van der Waals surface area (Å²) < 4.78 is 44.2. The highest BCUT2D eigenvalue weighted by atomic mass is 32.2. The molecule has 13 nitrogen and oxygen atoms in total. The van der Waals surface area contributed by atoms with Crippen LogP contribution in [0.2, 0.25) is 0 Å². The molecule has 0 spiro atoms. The second-order valence-corrected chi connectivity index (χ2v) is 15.1. The molecule has 0 aromatic heterocycles. The fourth-order valence-corrected chi connectivity index (χ4v) is 8.39. The van der Waals surface area contributed by atoms with Crippen LogP contribution in [0, 0.1) is 17.8 Å². The Hall–Kier alpha value is -3.81. The van der Waals surface area contributed by atoms with Crippen LogP contribution >= 0.6 is 0 Å². The maximum Gasteiger partial charge on any atom is 0.410 e. The molecular weight excluding hydrogens is 604 g/mol. The van der Waals surface area contributed by atoms with Crippen LogP contribution in [0.1, 0.15) is 62.5 Å². The number of hydrogen-bond donors (Lipinski definition) is 2. The van der Waals surface area contributed by atoms with Crippen LogP contribution in [-0.4, -0.2) is 79.3 Å². The molecule has 5 atom stereocenters. The standard InChI is InChI=1S/C31H38N4O9S/c1-34-9-5-3-2-4-6-20-14-31(20,29(38)33-45(40,41)22-7-8-22)32-27(36)23-12-21(13-24(23)28(34)37)44-30(39)35-15-18-10-25-26(43-17-42-25)11-19(18)16-35/h4,6,10-11,20-24H,2-3,5,7-9,12-17H2,1H3,(H,32,36)(H,33,38)/b6-4-/t20-,21-,23-,24?,31-/m1/s1. The van der Waals surface area contributed by atoms with Gasteiger partial charge in [-0.25, -0.2) is 13.2 Å². The maximum absolute atomic E-state index is 13.9. The molecule has 1 aromatic carbocycles. The van der Waals surface area contributed by atoms with E-state index in [0.29, 0.717) is 44.0 Å². The molecular formula is C31H38N4O9S. The normalized spacial score (nSPS) is 31.7. The highest BCUT2D eigenvalue weighted by Crippen LogP contribution is 2.47. The molecule has 14 heteroatoms. The van der Waals surface area contributed by atoms with Crippen molar-refractivity contribution < 1.29 is 41.8 Å². The highest BCUT2D eigenvalue weighted by Gasteiger charge is 2.62. The Morgan fingerprint density at radius 2 is 1.73 bits per heavy atom. The number of hydrogen-bond acceptors (Lipinski definition) is 9. The number of ether oxygens (including phenoxy) is 3. The molecule has 3 heterocycles. The van der Waals surface area contributed by atoms with Gasteiger partial charge in [0.15, 0.2) is 11.5 Å². The van der Waals surface area contributed by atoms with Gasteiger partial charge in [0.25, 0.3) is 5.91 Å². The maximum atomic E-state index is 13.9. The Morgan fingerprint density at radius 3 is 2.42 bits per heavy atom. The molecule has 0 saturated heterocycles. The summed E-state index contributed by atoms with van der Waals surface area (Å²) in [4.78, 5) is 57.4. The van der Waals surface area contributed by atoms with Crippen molar-refractivity contribution in [1.82, 2.24) is 19.8 Å². The number of nitrogens with zero attached hydrogens (tertiary/aromatic N) is 2. The molecule has 3 aliphatic carbocycles. The van der Waals surface area contributed by atoms with Crippen LogP contribution in [0.15, 0.2) is 24.3 Å². The smallest absolute Gasteiger partial charge is 0.410 e. The lowest BCUT2D eigenvalue weighted by Crippen LogP contribution is -2.54. The lowest BCUT2D eigenvalue weighted by molar-refractivity contribution is -0.140. The monoisotopic (exact) mass is 642 g/mol. The average Bonchev–Trinajstić information content (AvgIpc) is 3.81. The van der Waals surface area contributed by atoms with Gasteiger partial charge >= 0.3 is 6.09 Å². The Labute approximate surface area is 261 Å². The Kier molecular flexibility index (Phi) is 7.45. The number of rotatable bonds is 4. The van der Waals surface area contributed by atoms with Crippen LogP contribution in [0.5, 0.6) is 11.5 Å². The predicted octanol–water partition coefficient (Wildman–Crippen LogP) is 1.94. The van der Waals surface area contributed by atoms with Gasteiger partial charge in [-0.1, -0.05) is 12.2 Å². The first-order valence-electron chi connectivity index (χ1n) is 15.7. The lowest BCUT2D eigenvalue weighted by Gasteiger charge is -2.26. The van der Waals surface area contributed by atoms with Crippen molar-refractivity contribution in [3.8, 4) is 11.5 Å². The molecule has 7 rings (SSSR count). The minimum atomic E-state index is -3.82. The number of carbonyl (C=O) groups excluding carboxylic acids is 4. The second-order valence-electron chi connectivity index (χ2n) is 13.2. The molecule has 1 unspecified atom stereocenters. The van der Waals surface area contributed by atoms with E-state index in [1.165, 1.54) is 0 Å². The largest absolute Gasteiger partial charge is 0.454 e. The first kappa shape index (κ1) is 29.9. The minimum Gasteiger partial charge on any atom is -0.454 e. The molecule has 0 radical (unpaired) electrons. The number of benzene rings is 1. The van der Waals surface area contributed by atoms with Crippen molar-refractivity contribution in [2.24, 2.45) is 17.8 Å². The number of fused-ring (bicyclic) bond motifs is 4. The van der Waals surface area contributed by atoms with Crippen LogP contribution in [0.25, 0.3) is 0 Å². The molecule has 0 bridgehead atoms. The molecule has 242 valence electrons. The van der Waals surface area contributed by atoms with Crippen LogP contribution < -0.4 is 19.5 Å². The fraction of sp³-hybridized carbons (Fsp3) is 0.613. The van der Waals surface area contributed by atoms with Gasteiger partial charge in [-0.15, -0.1) is 0 Å². The Balaban J connectivity index is 1.07. The van der Waals surface area contributed by atoms with Gasteiger partial charge in [0, 0.05) is 32.6 Å². The molecule has 45 heavy (non-hydrogen) atoms. The molecule has 6 aliphatic rings. The molecule has 4 amide bonds. The zero-order chi connectivity index (χ0) is 31.5. The number of carbonyl (C=O) groups is 4. The number of allylic oxidation sites excluding steroid dienone is 1. The zero-order valence-corrected chi connectivity index (χ0v) is 26.0. The summed E-state index contributed by atoms with van der Waals surface area (Å²) in [5, 5.41) is 2.27. The van der Waals surface area contributed by atoms with E-state index in [2.05, 4.69) is 10.0 Å². The summed E-state index contributed by atoms with van der Waals surface area (Å²) in [6.07, 6.45) is 6.46.